The summed E-state index contributed by atoms with van der Waals surface area (Å²) in [5.74, 6) is 0.0640. The van der Waals surface area contributed by atoms with Crippen molar-refractivity contribution in [1.82, 2.24) is 19.9 Å². The molecule has 0 unspecified atom stereocenters. The van der Waals surface area contributed by atoms with Gasteiger partial charge in [0.25, 0.3) is 0 Å². The van der Waals surface area contributed by atoms with Gasteiger partial charge in [0.2, 0.25) is 5.91 Å². The standard InChI is InChI=1S/C18H21N5O/c24-18(21-11-4-10-20-15-5-3-9-19-13-15)8-12-23-14-22-16-6-1-2-7-17(16)23/h1-3,5-7,9,13-14,20H,4,8,10-12H2,(H,21,24). The van der Waals surface area contributed by atoms with E-state index in [4.69, 9.17) is 0 Å². The monoisotopic (exact) mass is 323 g/mol. The summed E-state index contributed by atoms with van der Waals surface area (Å²) >= 11 is 0. The third-order valence-electron chi connectivity index (χ3n) is 3.77. The third kappa shape index (κ3) is 4.32. The summed E-state index contributed by atoms with van der Waals surface area (Å²) < 4.78 is 2.01. The molecule has 0 aliphatic rings. The summed E-state index contributed by atoms with van der Waals surface area (Å²) in [6.07, 6.45) is 6.64. The maximum Gasteiger partial charge on any atom is 0.221 e. The average Bonchev–Trinajstić information content (AvgIpc) is 3.04. The van der Waals surface area contributed by atoms with Gasteiger partial charge in [0.05, 0.1) is 23.0 Å². The summed E-state index contributed by atoms with van der Waals surface area (Å²) in [6.45, 7) is 2.11. The summed E-state index contributed by atoms with van der Waals surface area (Å²) in [6, 6.07) is 11.8. The van der Waals surface area contributed by atoms with Crippen molar-refractivity contribution in [2.45, 2.75) is 19.4 Å². The van der Waals surface area contributed by atoms with E-state index in [-0.39, 0.29) is 5.91 Å². The number of amides is 1. The van der Waals surface area contributed by atoms with Crippen LogP contribution in [0.15, 0.2) is 55.1 Å². The molecule has 0 atom stereocenters. The molecule has 0 aliphatic heterocycles. The predicted octanol–water partition coefficient (Wildman–Crippen LogP) is 2.44. The predicted molar refractivity (Wildman–Crippen MR) is 94.7 cm³/mol. The van der Waals surface area contributed by atoms with Crippen LogP contribution in [0.5, 0.6) is 0 Å². The van der Waals surface area contributed by atoms with E-state index in [1.807, 2.05) is 41.0 Å². The van der Waals surface area contributed by atoms with Crippen molar-refractivity contribution in [2.75, 3.05) is 18.4 Å². The molecule has 0 bridgehead atoms. The Hall–Kier alpha value is -2.89. The molecule has 6 heteroatoms. The van der Waals surface area contributed by atoms with Gasteiger partial charge >= 0.3 is 0 Å². The average molecular weight is 323 g/mol. The molecule has 6 nitrogen and oxygen atoms in total. The second-order valence-corrected chi connectivity index (χ2v) is 5.55. The Morgan fingerprint density at radius 3 is 2.92 bits per heavy atom. The van der Waals surface area contributed by atoms with Crippen LogP contribution in [-0.4, -0.2) is 33.5 Å². The van der Waals surface area contributed by atoms with Crippen LogP contribution in [0.4, 0.5) is 5.69 Å². The van der Waals surface area contributed by atoms with Crippen LogP contribution < -0.4 is 10.6 Å². The Bertz CT molecular complexity index is 784. The van der Waals surface area contributed by atoms with Crippen molar-refractivity contribution in [3.63, 3.8) is 0 Å². The van der Waals surface area contributed by atoms with Crippen LogP contribution in [0.3, 0.4) is 0 Å². The van der Waals surface area contributed by atoms with Crippen LogP contribution >= 0.6 is 0 Å². The van der Waals surface area contributed by atoms with Gasteiger partial charge in [-0.25, -0.2) is 4.98 Å². The fourth-order valence-electron chi connectivity index (χ4n) is 2.52. The molecule has 0 saturated heterocycles. The summed E-state index contributed by atoms with van der Waals surface area (Å²) in [7, 11) is 0. The fourth-order valence-corrected chi connectivity index (χ4v) is 2.52. The van der Waals surface area contributed by atoms with Gasteiger partial charge in [0, 0.05) is 38.4 Å². The van der Waals surface area contributed by atoms with Gasteiger partial charge in [-0.05, 0) is 30.7 Å². The maximum absolute atomic E-state index is 11.9. The van der Waals surface area contributed by atoms with Gasteiger partial charge < -0.3 is 15.2 Å². The third-order valence-corrected chi connectivity index (χ3v) is 3.77. The Labute approximate surface area is 140 Å². The first kappa shape index (κ1) is 16.0. The zero-order valence-electron chi connectivity index (χ0n) is 13.5. The van der Waals surface area contributed by atoms with Crippen molar-refractivity contribution in [3.8, 4) is 0 Å². The number of nitrogens with one attached hydrogen (secondary N) is 2. The molecule has 0 saturated carbocycles. The topological polar surface area (TPSA) is 71.8 Å². The molecular weight excluding hydrogens is 302 g/mol. The van der Waals surface area contributed by atoms with Crippen LogP contribution in [-0.2, 0) is 11.3 Å². The van der Waals surface area contributed by atoms with E-state index in [1.54, 1.807) is 18.7 Å². The normalized spacial score (nSPS) is 10.7. The molecule has 1 amide bonds. The number of nitrogens with zero attached hydrogens (tertiary/aromatic N) is 3. The number of imidazole rings is 1. The second-order valence-electron chi connectivity index (χ2n) is 5.55. The minimum Gasteiger partial charge on any atom is -0.384 e. The fraction of sp³-hybridized carbons (Fsp3) is 0.278. The van der Waals surface area contributed by atoms with E-state index in [1.165, 1.54) is 0 Å². The van der Waals surface area contributed by atoms with Gasteiger partial charge in [-0.2, -0.15) is 0 Å². The first-order valence-electron chi connectivity index (χ1n) is 8.13. The molecular formula is C18H21N5O. The summed E-state index contributed by atoms with van der Waals surface area (Å²) in [5, 5.41) is 6.22. The smallest absolute Gasteiger partial charge is 0.221 e. The van der Waals surface area contributed by atoms with Crippen molar-refractivity contribution in [2.24, 2.45) is 0 Å². The Balaban J connectivity index is 1.34. The zero-order valence-corrected chi connectivity index (χ0v) is 13.5. The lowest BCUT2D eigenvalue weighted by Gasteiger charge is -2.08. The first-order chi connectivity index (χ1) is 11.8. The molecule has 3 rings (SSSR count). The number of aromatic nitrogens is 3. The molecule has 0 fully saturated rings. The van der Waals surface area contributed by atoms with Crippen molar-refractivity contribution < 1.29 is 4.79 Å². The summed E-state index contributed by atoms with van der Waals surface area (Å²) in [5.41, 5.74) is 3.01. The molecule has 0 radical (unpaired) electrons. The zero-order chi connectivity index (χ0) is 16.6. The number of pyridine rings is 1. The number of para-hydroxylation sites is 2. The van der Waals surface area contributed by atoms with E-state index in [2.05, 4.69) is 20.6 Å². The lowest BCUT2D eigenvalue weighted by molar-refractivity contribution is -0.121. The Morgan fingerprint density at radius 1 is 1.12 bits per heavy atom. The Morgan fingerprint density at radius 2 is 2.04 bits per heavy atom. The second kappa shape index (κ2) is 8.10. The highest BCUT2D eigenvalue weighted by Gasteiger charge is 2.04. The molecule has 1 aromatic carbocycles. The molecule has 3 aromatic rings. The van der Waals surface area contributed by atoms with Gasteiger partial charge in [0.1, 0.15) is 0 Å². The van der Waals surface area contributed by atoms with Gasteiger partial charge in [-0.15, -0.1) is 0 Å². The molecule has 124 valence electrons. The summed E-state index contributed by atoms with van der Waals surface area (Å²) in [4.78, 5) is 20.3. The number of hydrogen-bond acceptors (Lipinski definition) is 4. The van der Waals surface area contributed by atoms with Crippen LogP contribution in [0, 0.1) is 0 Å². The minimum atomic E-state index is 0.0640. The number of rotatable bonds is 8. The van der Waals surface area contributed by atoms with Crippen molar-refractivity contribution in [1.29, 1.82) is 0 Å². The molecule has 2 N–H and O–H groups in total. The van der Waals surface area contributed by atoms with Gasteiger partial charge in [0.15, 0.2) is 0 Å². The highest BCUT2D eigenvalue weighted by Crippen LogP contribution is 2.11. The molecule has 2 heterocycles. The van der Waals surface area contributed by atoms with Crippen molar-refractivity contribution >= 4 is 22.6 Å². The van der Waals surface area contributed by atoms with Crippen LogP contribution in [0.2, 0.25) is 0 Å². The van der Waals surface area contributed by atoms with E-state index < -0.39 is 0 Å². The lowest BCUT2D eigenvalue weighted by atomic mass is 10.3. The number of anilines is 1. The number of benzene rings is 1. The Kier molecular flexibility index (Phi) is 5.40. The van der Waals surface area contributed by atoms with E-state index in [0.29, 0.717) is 19.5 Å². The minimum absolute atomic E-state index is 0.0640. The molecule has 24 heavy (non-hydrogen) atoms. The molecule has 0 spiro atoms. The van der Waals surface area contributed by atoms with E-state index >= 15 is 0 Å². The SMILES string of the molecule is O=C(CCn1cnc2ccccc21)NCCCNc1cccnc1. The number of carbonyl (C=O) groups is 1. The number of hydrogen-bond donors (Lipinski definition) is 2. The largest absolute Gasteiger partial charge is 0.384 e. The maximum atomic E-state index is 11.9. The molecule has 0 aliphatic carbocycles. The van der Waals surface area contributed by atoms with Gasteiger partial charge in [-0.3, -0.25) is 9.78 Å². The number of aryl methyl sites for hydroxylation is 1. The van der Waals surface area contributed by atoms with Crippen LogP contribution in [0.25, 0.3) is 11.0 Å². The van der Waals surface area contributed by atoms with E-state index in [9.17, 15) is 4.79 Å². The van der Waals surface area contributed by atoms with Crippen LogP contribution in [0.1, 0.15) is 12.8 Å². The van der Waals surface area contributed by atoms with E-state index in [0.717, 1.165) is 29.7 Å². The number of fused-ring (bicyclic) bond motifs is 1. The first-order valence-corrected chi connectivity index (χ1v) is 8.13. The highest BCUT2D eigenvalue weighted by atomic mass is 16.1. The lowest BCUT2D eigenvalue weighted by Crippen LogP contribution is -2.26. The highest BCUT2D eigenvalue weighted by molar-refractivity contribution is 5.77. The molecule has 2 aromatic heterocycles. The number of carbonyl (C=O) groups excluding carboxylic acids is 1. The van der Waals surface area contributed by atoms with Gasteiger partial charge in [-0.1, -0.05) is 12.1 Å². The quantitative estimate of drug-likeness (QED) is 0.625. The van der Waals surface area contributed by atoms with Crippen molar-refractivity contribution in [3.05, 3.63) is 55.1 Å².